The molecule has 9 heteroatoms. The molecule has 0 radical (unpaired) electrons. The number of pyridine rings is 1. The summed E-state index contributed by atoms with van der Waals surface area (Å²) in [7, 11) is 1.56. The van der Waals surface area contributed by atoms with Gasteiger partial charge in [-0.15, -0.1) is 0 Å². The van der Waals surface area contributed by atoms with Gasteiger partial charge in [-0.1, -0.05) is 41.9 Å². The lowest BCUT2D eigenvalue weighted by Gasteiger charge is -2.18. The zero-order valence-corrected chi connectivity index (χ0v) is 19.9. The van der Waals surface area contributed by atoms with Crippen LogP contribution in [0.15, 0.2) is 77.8 Å². The van der Waals surface area contributed by atoms with Crippen molar-refractivity contribution in [2.45, 2.75) is 12.5 Å². The van der Waals surface area contributed by atoms with Crippen molar-refractivity contribution in [1.29, 1.82) is 0 Å². The molecule has 0 spiro atoms. The van der Waals surface area contributed by atoms with Gasteiger partial charge in [0.05, 0.1) is 18.2 Å². The van der Waals surface area contributed by atoms with Crippen LogP contribution in [0.3, 0.4) is 0 Å². The number of nitrogens with zero attached hydrogens (tertiary/aromatic N) is 2. The molecular weight excluding hydrogens is 482 g/mol. The molecule has 3 N–H and O–H groups in total. The topological polar surface area (TPSA) is 121 Å². The molecule has 36 heavy (non-hydrogen) atoms. The summed E-state index contributed by atoms with van der Waals surface area (Å²) in [5, 5.41) is 24.3. The van der Waals surface area contributed by atoms with Gasteiger partial charge >= 0.3 is 5.97 Å². The Morgan fingerprint density at radius 2 is 1.83 bits per heavy atom. The van der Waals surface area contributed by atoms with Gasteiger partial charge < -0.3 is 20.3 Å². The molecule has 0 saturated carbocycles. The van der Waals surface area contributed by atoms with E-state index in [1.54, 1.807) is 49.5 Å². The maximum absolute atomic E-state index is 13.2. The van der Waals surface area contributed by atoms with Crippen molar-refractivity contribution >= 4 is 40.5 Å². The number of aromatic hydroxyl groups is 1. The number of fused-ring (bicyclic) bond motifs is 1. The van der Waals surface area contributed by atoms with E-state index in [0.717, 1.165) is 0 Å². The number of aromatic nitrogens is 1. The van der Waals surface area contributed by atoms with E-state index in [1.807, 2.05) is 30.3 Å². The fourth-order valence-corrected chi connectivity index (χ4v) is 3.95. The van der Waals surface area contributed by atoms with Gasteiger partial charge in [-0.2, -0.15) is 0 Å². The number of halogens is 1. The van der Waals surface area contributed by atoms with E-state index >= 15 is 0 Å². The summed E-state index contributed by atoms with van der Waals surface area (Å²) < 4.78 is 5.89. The van der Waals surface area contributed by atoms with Gasteiger partial charge in [0.1, 0.15) is 11.5 Å². The Kier molecular flexibility index (Phi) is 7.46. The summed E-state index contributed by atoms with van der Waals surface area (Å²) in [6.45, 7) is 0. The van der Waals surface area contributed by atoms with E-state index in [1.165, 1.54) is 6.21 Å². The third kappa shape index (κ3) is 5.61. The Labute approximate surface area is 211 Å². The lowest BCUT2D eigenvalue weighted by atomic mass is 10.0. The standard InChI is InChI=1S/C27H22ClN3O5/c1-29-15-23-21-13-19(36-18-8-3-2-4-9-18)10-11-20(21)26(34)25(30-23)27(35)31-22(14-24(32)33)16-6-5-7-17(28)12-16/h2-13,15,22,34H,14H2,1H3,(H,31,35)(H,32,33). The molecule has 0 aliphatic heterocycles. The van der Waals surface area contributed by atoms with Gasteiger partial charge in [0.15, 0.2) is 11.4 Å². The first-order valence-corrected chi connectivity index (χ1v) is 11.3. The quantitative estimate of drug-likeness (QED) is 0.277. The molecule has 8 nitrogen and oxygen atoms in total. The molecule has 0 fully saturated rings. The van der Waals surface area contributed by atoms with Gasteiger partial charge in [-0.05, 0) is 48.0 Å². The second-order valence-electron chi connectivity index (χ2n) is 7.88. The number of aliphatic carboxylic acids is 1. The smallest absolute Gasteiger partial charge is 0.305 e. The normalized spacial score (nSPS) is 11.9. The lowest BCUT2D eigenvalue weighted by Crippen LogP contribution is -2.31. The number of benzene rings is 3. The number of hydrogen-bond acceptors (Lipinski definition) is 6. The van der Waals surface area contributed by atoms with Crippen LogP contribution in [0.4, 0.5) is 0 Å². The summed E-state index contributed by atoms with van der Waals surface area (Å²) in [6, 6.07) is 19.9. The van der Waals surface area contributed by atoms with Crippen molar-refractivity contribution in [1.82, 2.24) is 10.3 Å². The van der Waals surface area contributed by atoms with Crippen molar-refractivity contribution in [3.05, 3.63) is 94.8 Å². The molecule has 1 unspecified atom stereocenters. The van der Waals surface area contributed by atoms with Crippen LogP contribution in [-0.4, -0.2) is 40.3 Å². The first-order valence-electron chi connectivity index (χ1n) is 11.0. The summed E-state index contributed by atoms with van der Waals surface area (Å²) in [6.07, 6.45) is 1.08. The zero-order chi connectivity index (χ0) is 25.7. The molecular formula is C27H22ClN3O5. The predicted octanol–water partition coefficient (Wildman–Crippen LogP) is 5.38. The molecule has 3 aromatic carbocycles. The Morgan fingerprint density at radius 3 is 2.53 bits per heavy atom. The number of carbonyl (C=O) groups is 2. The minimum Gasteiger partial charge on any atom is -0.505 e. The molecule has 182 valence electrons. The average Bonchev–Trinajstić information content (AvgIpc) is 2.85. The summed E-state index contributed by atoms with van der Waals surface area (Å²) >= 11 is 6.05. The van der Waals surface area contributed by atoms with Crippen molar-refractivity contribution in [3.63, 3.8) is 0 Å². The minimum atomic E-state index is -1.11. The fraction of sp³-hybridized carbons (Fsp3) is 0.111. The number of nitrogens with one attached hydrogen (secondary N) is 1. The van der Waals surface area contributed by atoms with Crippen LogP contribution in [0, 0.1) is 0 Å². The third-order valence-corrected chi connectivity index (χ3v) is 5.59. The number of rotatable bonds is 8. The maximum atomic E-state index is 13.2. The van der Waals surface area contributed by atoms with Gasteiger partial charge in [0, 0.05) is 29.1 Å². The second kappa shape index (κ2) is 10.9. The summed E-state index contributed by atoms with van der Waals surface area (Å²) in [4.78, 5) is 33.0. The summed E-state index contributed by atoms with van der Waals surface area (Å²) in [5.41, 5.74) is 0.592. The van der Waals surface area contributed by atoms with E-state index in [-0.39, 0.29) is 17.9 Å². The number of ether oxygens (including phenoxy) is 1. The number of carboxylic acid groups (broad SMARTS) is 1. The van der Waals surface area contributed by atoms with Gasteiger partial charge in [-0.25, -0.2) is 4.98 Å². The number of hydrogen-bond donors (Lipinski definition) is 3. The molecule has 4 aromatic rings. The fourth-order valence-electron chi connectivity index (χ4n) is 3.75. The molecule has 0 aliphatic carbocycles. The van der Waals surface area contributed by atoms with Crippen molar-refractivity contribution in [3.8, 4) is 17.2 Å². The predicted molar refractivity (Wildman–Crippen MR) is 137 cm³/mol. The van der Waals surface area contributed by atoms with E-state index in [2.05, 4.69) is 15.3 Å². The lowest BCUT2D eigenvalue weighted by molar-refractivity contribution is -0.137. The number of aliphatic imine (C=N–C) groups is 1. The van der Waals surface area contributed by atoms with Crippen LogP contribution < -0.4 is 10.1 Å². The van der Waals surface area contributed by atoms with E-state index in [0.29, 0.717) is 38.6 Å². The van der Waals surface area contributed by atoms with Crippen molar-refractivity contribution in [2.75, 3.05) is 7.05 Å². The highest BCUT2D eigenvalue weighted by Gasteiger charge is 2.24. The minimum absolute atomic E-state index is 0.258. The number of carbonyl (C=O) groups excluding carboxylic acids is 1. The van der Waals surface area contributed by atoms with Gasteiger partial charge in [0.2, 0.25) is 0 Å². The van der Waals surface area contributed by atoms with E-state index in [9.17, 15) is 19.8 Å². The third-order valence-electron chi connectivity index (χ3n) is 5.36. The molecule has 0 saturated heterocycles. The van der Waals surface area contributed by atoms with Gasteiger partial charge in [-0.3, -0.25) is 14.6 Å². The van der Waals surface area contributed by atoms with Crippen molar-refractivity contribution in [2.24, 2.45) is 4.99 Å². The van der Waals surface area contributed by atoms with Gasteiger partial charge in [0.25, 0.3) is 5.91 Å². The SMILES string of the molecule is CN=Cc1nc(C(=O)NC(CC(=O)O)c2cccc(Cl)c2)c(O)c2ccc(Oc3ccccc3)cc12. The average molecular weight is 504 g/mol. The van der Waals surface area contributed by atoms with E-state index in [4.69, 9.17) is 16.3 Å². The van der Waals surface area contributed by atoms with Crippen LogP contribution in [0.25, 0.3) is 10.8 Å². The first kappa shape index (κ1) is 24.7. The molecule has 1 heterocycles. The summed E-state index contributed by atoms with van der Waals surface area (Å²) in [5.74, 6) is -1.04. The van der Waals surface area contributed by atoms with Crippen LogP contribution in [0.1, 0.15) is 34.2 Å². The monoisotopic (exact) mass is 503 g/mol. The maximum Gasteiger partial charge on any atom is 0.305 e. The number of para-hydroxylation sites is 1. The Morgan fingerprint density at radius 1 is 1.06 bits per heavy atom. The highest BCUT2D eigenvalue weighted by atomic mass is 35.5. The van der Waals surface area contributed by atoms with Crippen LogP contribution in [0.5, 0.6) is 17.2 Å². The van der Waals surface area contributed by atoms with Crippen LogP contribution >= 0.6 is 11.6 Å². The second-order valence-corrected chi connectivity index (χ2v) is 8.32. The first-order chi connectivity index (χ1) is 17.4. The zero-order valence-electron chi connectivity index (χ0n) is 19.2. The largest absolute Gasteiger partial charge is 0.505 e. The molecule has 0 aliphatic rings. The Balaban J connectivity index is 1.72. The molecule has 0 bridgehead atoms. The Bertz CT molecular complexity index is 1460. The van der Waals surface area contributed by atoms with Crippen LogP contribution in [-0.2, 0) is 4.79 Å². The van der Waals surface area contributed by atoms with Crippen molar-refractivity contribution < 1.29 is 24.5 Å². The Hall–Kier alpha value is -4.43. The molecule has 4 rings (SSSR count). The molecule has 1 amide bonds. The highest BCUT2D eigenvalue weighted by molar-refractivity contribution is 6.30. The number of carboxylic acids is 1. The van der Waals surface area contributed by atoms with Crippen LogP contribution in [0.2, 0.25) is 5.02 Å². The molecule has 1 atom stereocenters. The van der Waals surface area contributed by atoms with E-state index < -0.39 is 17.9 Å². The highest BCUT2D eigenvalue weighted by Crippen LogP contribution is 2.34. The number of amides is 1. The molecule has 1 aromatic heterocycles.